The first-order valence-electron chi connectivity index (χ1n) is 7.18. The van der Waals surface area contributed by atoms with E-state index in [2.05, 4.69) is 41.4 Å². The first-order chi connectivity index (χ1) is 10.8. The SMILES string of the molecule is CC(C)(C)CNc1ncc(F)c(Nc2ccccc2C(N)=O)n1. The fourth-order valence-corrected chi connectivity index (χ4v) is 1.82. The molecule has 0 aliphatic heterocycles. The van der Waals surface area contributed by atoms with E-state index >= 15 is 0 Å². The van der Waals surface area contributed by atoms with Gasteiger partial charge < -0.3 is 16.4 Å². The molecule has 0 fully saturated rings. The largest absolute Gasteiger partial charge is 0.366 e. The van der Waals surface area contributed by atoms with Gasteiger partial charge in [-0.3, -0.25) is 4.79 Å². The summed E-state index contributed by atoms with van der Waals surface area (Å²) in [4.78, 5) is 19.4. The molecule has 2 aromatic rings. The number of nitrogens with two attached hydrogens (primary N) is 1. The summed E-state index contributed by atoms with van der Waals surface area (Å²) in [7, 11) is 0. The van der Waals surface area contributed by atoms with Crippen molar-refractivity contribution in [2.24, 2.45) is 11.1 Å². The van der Waals surface area contributed by atoms with Gasteiger partial charge in [0.1, 0.15) is 0 Å². The zero-order chi connectivity index (χ0) is 17.0. The number of amides is 1. The van der Waals surface area contributed by atoms with Crippen molar-refractivity contribution < 1.29 is 9.18 Å². The second-order valence-corrected chi connectivity index (χ2v) is 6.34. The quantitative estimate of drug-likeness (QED) is 0.788. The molecule has 0 radical (unpaired) electrons. The van der Waals surface area contributed by atoms with Crippen LogP contribution >= 0.6 is 0 Å². The molecule has 122 valence electrons. The van der Waals surface area contributed by atoms with Gasteiger partial charge in [0.25, 0.3) is 5.91 Å². The summed E-state index contributed by atoms with van der Waals surface area (Å²) in [6.45, 7) is 6.82. The highest BCUT2D eigenvalue weighted by atomic mass is 19.1. The van der Waals surface area contributed by atoms with Gasteiger partial charge in [-0.1, -0.05) is 32.9 Å². The Morgan fingerprint density at radius 2 is 2.00 bits per heavy atom. The summed E-state index contributed by atoms with van der Waals surface area (Å²) in [5.41, 5.74) is 5.99. The predicted molar refractivity (Wildman–Crippen MR) is 88.2 cm³/mol. The lowest BCUT2D eigenvalue weighted by Gasteiger charge is -2.19. The smallest absolute Gasteiger partial charge is 0.250 e. The zero-order valence-corrected chi connectivity index (χ0v) is 13.4. The minimum absolute atomic E-state index is 0.0230. The molecule has 0 aliphatic carbocycles. The lowest BCUT2D eigenvalue weighted by Crippen LogP contribution is -2.20. The molecule has 0 unspecified atom stereocenters. The third-order valence-electron chi connectivity index (χ3n) is 2.97. The average molecular weight is 317 g/mol. The molecule has 0 aliphatic rings. The van der Waals surface area contributed by atoms with Crippen molar-refractivity contribution in [3.8, 4) is 0 Å². The monoisotopic (exact) mass is 317 g/mol. The van der Waals surface area contributed by atoms with E-state index in [4.69, 9.17) is 5.73 Å². The summed E-state index contributed by atoms with van der Waals surface area (Å²) in [5.74, 6) is -0.940. The number of rotatable bonds is 5. The first-order valence-corrected chi connectivity index (χ1v) is 7.18. The Balaban J connectivity index is 2.25. The fourth-order valence-electron chi connectivity index (χ4n) is 1.82. The van der Waals surface area contributed by atoms with E-state index in [0.717, 1.165) is 6.20 Å². The molecule has 0 saturated carbocycles. The van der Waals surface area contributed by atoms with Gasteiger partial charge in [-0.15, -0.1) is 0 Å². The zero-order valence-electron chi connectivity index (χ0n) is 13.4. The van der Waals surface area contributed by atoms with Gasteiger partial charge in [-0.25, -0.2) is 9.37 Å². The number of para-hydroxylation sites is 1. The number of nitrogens with one attached hydrogen (secondary N) is 2. The summed E-state index contributed by atoms with van der Waals surface area (Å²) in [5, 5.41) is 5.85. The van der Waals surface area contributed by atoms with Gasteiger partial charge >= 0.3 is 0 Å². The van der Waals surface area contributed by atoms with E-state index < -0.39 is 11.7 Å². The van der Waals surface area contributed by atoms with Crippen LogP contribution in [0.4, 0.5) is 21.8 Å². The molecule has 1 aromatic carbocycles. The Morgan fingerprint density at radius 1 is 1.30 bits per heavy atom. The maximum absolute atomic E-state index is 13.9. The number of primary amides is 1. The number of aromatic nitrogens is 2. The number of carbonyl (C=O) groups is 1. The molecule has 0 atom stereocenters. The number of halogens is 1. The number of nitrogens with zero attached hydrogens (tertiary/aromatic N) is 2. The van der Waals surface area contributed by atoms with Gasteiger partial charge in [0.05, 0.1) is 17.4 Å². The second-order valence-electron chi connectivity index (χ2n) is 6.34. The number of hydrogen-bond acceptors (Lipinski definition) is 5. The van der Waals surface area contributed by atoms with Crippen LogP contribution in [0.15, 0.2) is 30.5 Å². The third-order valence-corrected chi connectivity index (χ3v) is 2.97. The number of hydrogen-bond donors (Lipinski definition) is 3. The van der Waals surface area contributed by atoms with Crippen LogP contribution in [0.3, 0.4) is 0 Å². The fraction of sp³-hybridized carbons (Fsp3) is 0.312. The molecule has 23 heavy (non-hydrogen) atoms. The Morgan fingerprint density at radius 3 is 2.65 bits per heavy atom. The minimum Gasteiger partial charge on any atom is -0.366 e. The molecule has 0 saturated heterocycles. The van der Waals surface area contributed by atoms with Crippen LogP contribution in [0.5, 0.6) is 0 Å². The van der Waals surface area contributed by atoms with Gasteiger partial charge in [-0.05, 0) is 17.5 Å². The lowest BCUT2D eigenvalue weighted by atomic mass is 9.97. The lowest BCUT2D eigenvalue weighted by molar-refractivity contribution is 0.100. The number of carbonyl (C=O) groups excluding carboxylic acids is 1. The van der Waals surface area contributed by atoms with Gasteiger partial charge in [0.15, 0.2) is 11.6 Å². The first kappa shape index (κ1) is 16.7. The average Bonchev–Trinajstić information content (AvgIpc) is 2.47. The molecule has 0 bridgehead atoms. The Hall–Kier alpha value is -2.70. The van der Waals surface area contributed by atoms with E-state index in [1.165, 1.54) is 0 Å². The van der Waals surface area contributed by atoms with E-state index in [1.807, 2.05) is 0 Å². The summed E-state index contributed by atoms with van der Waals surface area (Å²) >= 11 is 0. The maximum atomic E-state index is 13.9. The summed E-state index contributed by atoms with van der Waals surface area (Å²) in [6.07, 6.45) is 1.08. The highest BCUT2D eigenvalue weighted by Gasteiger charge is 2.14. The normalized spacial score (nSPS) is 11.1. The summed E-state index contributed by atoms with van der Waals surface area (Å²) < 4.78 is 13.9. The van der Waals surface area contributed by atoms with Crippen LogP contribution in [0.2, 0.25) is 0 Å². The molecule has 1 aromatic heterocycles. The van der Waals surface area contributed by atoms with Gasteiger partial charge in [-0.2, -0.15) is 4.98 Å². The second kappa shape index (κ2) is 6.60. The van der Waals surface area contributed by atoms with E-state index in [1.54, 1.807) is 24.3 Å². The minimum atomic E-state index is -0.620. The van der Waals surface area contributed by atoms with Crippen LogP contribution in [-0.4, -0.2) is 22.4 Å². The third kappa shape index (κ3) is 4.64. The van der Waals surface area contributed by atoms with Crippen LogP contribution in [0.25, 0.3) is 0 Å². The van der Waals surface area contributed by atoms with Crippen molar-refractivity contribution in [2.45, 2.75) is 20.8 Å². The highest BCUT2D eigenvalue weighted by Crippen LogP contribution is 2.22. The van der Waals surface area contributed by atoms with E-state index in [0.29, 0.717) is 18.2 Å². The Labute approximate surface area is 134 Å². The predicted octanol–water partition coefficient (Wildman–Crippen LogP) is 2.92. The van der Waals surface area contributed by atoms with Crippen molar-refractivity contribution in [1.82, 2.24) is 9.97 Å². The molecule has 4 N–H and O–H groups in total. The van der Waals surface area contributed by atoms with Crippen LogP contribution in [0.1, 0.15) is 31.1 Å². The van der Waals surface area contributed by atoms with Crippen molar-refractivity contribution in [2.75, 3.05) is 17.2 Å². The van der Waals surface area contributed by atoms with Crippen molar-refractivity contribution in [3.05, 3.63) is 41.8 Å². The molecule has 6 nitrogen and oxygen atoms in total. The maximum Gasteiger partial charge on any atom is 0.250 e. The number of benzene rings is 1. The highest BCUT2D eigenvalue weighted by molar-refractivity contribution is 5.99. The Bertz CT molecular complexity index is 712. The van der Waals surface area contributed by atoms with E-state index in [9.17, 15) is 9.18 Å². The topological polar surface area (TPSA) is 92.9 Å². The molecule has 2 rings (SSSR count). The van der Waals surface area contributed by atoms with Gasteiger partial charge in [0.2, 0.25) is 5.95 Å². The van der Waals surface area contributed by atoms with E-state index in [-0.39, 0.29) is 16.8 Å². The number of anilines is 3. The standard InChI is InChI=1S/C16H20FN5O/c1-16(2,3)9-20-15-19-8-11(17)14(22-15)21-12-7-5-4-6-10(12)13(18)23/h4-8H,9H2,1-3H3,(H2,18,23)(H2,19,20,21,22). The molecule has 1 amide bonds. The molecule has 1 heterocycles. The summed E-state index contributed by atoms with van der Waals surface area (Å²) in [6, 6.07) is 6.58. The van der Waals surface area contributed by atoms with Crippen molar-refractivity contribution in [1.29, 1.82) is 0 Å². The van der Waals surface area contributed by atoms with Crippen LogP contribution < -0.4 is 16.4 Å². The van der Waals surface area contributed by atoms with Crippen LogP contribution in [-0.2, 0) is 0 Å². The molecular formula is C16H20FN5O. The molecule has 7 heteroatoms. The molecule has 0 spiro atoms. The Kier molecular flexibility index (Phi) is 4.78. The van der Waals surface area contributed by atoms with Crippen LogP contribution in [0, 0.1) is 11.2 Å². The molecular weight excluding hydrogens is 297 g/mol. The van der Waals surface area contributed by atoms with Gasteiger partial charge in [0, 0.05) is 6.54 Å². The van der Waals surface area contributed by atoms with Crippen molar-refractivity contribution >= 4 is 23.4 Å². The van der Waals surface area contributed by atoms with Crippen molar-refractivity contribution in [3.63, 3.8) is 0 Å².